The van der Waals surface area contributed by atoms with E-state index in [1.807, 2.05) is 36.4 Å². The van der Waals surface area contributed by atoms with Crippen LogP contribution in [0.1, 0.15) is 66.3 Å². The Morgan fingerprint density at radius 1 is 1.08 bits per heavy atom. The van der Waals surface area contributed by atoms with Gasteiger partial charge in [0, 0.05) is 23.9 Å². The van der Waals surface area contributed by atoms with Crippen LogP contribution in [-0.2, 0) is 16.0 Å². The normalized spacial score (nSPS) is 14.8. The number of aliphatic carboxylic acids is 1. The molecule has 1 aliphatic rings. The molecule has 1 amide bonds. The van der Waals surface area contributed by atoms with Gasteiger partial charge in [-0.15, -0.1) is 0 Å². The Morgan fingerprint density at radius 3 is 2.58 bits per heavy atom. The minimum Gasteiger partial charge on any atom is -0.481 e. The van der Waals surface area contributed by atoms with E-state index in [4.69, 9.17) is 21.7 Å². The quantitative estimate of drug-likeness (QED) is 0.134. The molecular formula is C28H27NO5S2. The summed E-state index contributed by atoms with van der Waals surface area (Å²) in [6.45, 7) is 2.46. The number of fused-ring (bicyclic) bond motifs is 1. The molecule has 1 aromatic heterocycles. The standard InChI is InChI=1S/C28H27NO5S2/c1-2-3-4-6-18-8-11-20(12-9-18)26(32)23-17-21-15-19(10-13-22(21)34-23)16-24-27(33)29(28(35)36-24)14-5-7-25(30)31/h8-13,15-17H,2-7,14H2,1H3,(H,30,31). The van der Waals surface area contributed by atoms with Gasteiger partial charge in [-0.1, -0.05) is 74.1 Å². The number of nitrogens with zero attached hydrogens (tertiary/aromatic N) is 1. The minimum atomic E-state index is -0.901. The summed E-state index contributed by atoms with van der Waals surface area (Å²) >= 11 is 6.51. The summed E-state index contributed by atoms with van der Waals surface area (Å²) in [5.41, 5.74) is 3.18. The molecule has 8 heteroatoms. The predicted molar refractivity (Wildman–Crippen MR) is 146 cm³/mol. The smallest absolute Gasteiger partial charge is 0.303 e. The molecule has 1 saturated heterocycles. The van der Waals surface area contributed by atoms with Crippen molar-refractivity contribution in [2.75, 3.05) is 6.54 Å². The van der Waals surface area contributed by atoms with E-state index in [9.17, 15) is 14.4 Å². The fraction of sp³-hybridized carbons (Fsp3) is 0.286. The SMILES string of the molecule is CCCCCc1ccc(C(=O)c2cc3cc(C=C4SC(=S)N(CCCC(=O)O)C4=O)ccc3o2)cc1. The molecular weight excluding hydrogens is 494 g/mol. The molecule has 6 nitrogen and oxygen atoms in total. The number of amides is 1. The van der Waals surface area contributed by atoms with Crippen LogP contribution < -0.4 is 0 Å². The van der Waals surface area contributed by atoms with Crippen LogP contribution in [-0.4, -0.2) is 38.5 Å². The van der Waals surface area contributed by atoms with E-state index in [2.05, 4.69) is 6.92 Å². The Labute approximate surface area is 219 Å². The third kappa shape index (κ3) is 6.12. The largest absolute Gasteiger partial charge is 0.481 e. The number of carbonyl (C=O) groups excluding carboxylic acids is 2. The van der Waals surface area contributed by atoms with E-state index in [-0.39, 0.29) is 30.4 Å². The molecule has 186 valence electrons. The van der Waals surface area contributed by atoms with Gasteiger partial charge in [-0.3, -0.25) is 19.3 Å². The maximum Gasteiger partial charge on any atom is 0.303 e. The average molecular weight is 522 g/mol. The lowest BCUT2D eigenvalue weighted by Gasteiger charge is -2.13. The van der Waals surface area contributed by atoms with Crippen molar-refractivity contribution >= 4 is 63.0 Å². The van der Waals surface area contributed by atoms with Gasteiger partial charge in [0.05, 0.1) is 4.91 Å². The number of thioether (sulfide) groups is 1. The van der Waals surface area contributed by atoms with Crippen molar-refractivity contribution in [2.45, 2.75) is 45.4 Å². The molecule has 4 rings (SSSR count). The Hall–Kier alpha value is -3.23. The maximum absolute atomic E-state index is 13.0. The van der Waals surface area contributed by atoms with Crippen molar-refractivity contribution in [3.8, 4) is 0 Å². The van der Waals surface area contributed by atoms with Crippen LogP contribution >= 0.6 is 24.0 Å². The van der Waals surface area contributed by atoms with Crippen molar-refractivity contribution in [3.05, 3.63) is 75.9 Å². The first-order chi connectivity index (χ1) is 17.4. The lowest BCUT2D eigenvalue weighted by Crippen LogP contribution is -2.29. The molecule has 0 spiro atoms. The van der Waals surface area contributed by atoms with E-state index in [0.29, 0.717) is 26.8 Å². The number of furan rings is 1. The molecule has 2 heterocycles. The second-order valence-corrected chi connectivity index (χ2v) is 10.4. The zero-order valence-electron chi connectivity index (χ0n) is 20.0. The molecule has 1 aliphatic heterocycles. The molecule has 0 unspecified atom stereocenters. The fourth-order valence-electron chi connectivity index (χ4n) is 4.04. The van der Waals surface area contributed by atoms with Crippen molar-refractivity contribution in [3.63, 3.8) is 0 Å². The topological polar surface area (TPSA) is 87.8 Å². The van der Waals surface area contributed by atoms with Crippen LogP contribution in [0.2, 0.25) is 0 Å². The van der Waals surface area contributed by atoms with E-state index in [1.165, 1.54) is 35.1 Å². The van der Waals surface area contributed by atoms with E-state index in [0.717, 1.165) is 23.8 Å². The third-order valence-corrected chi connectivity index (χ3v) is 7.37. The number of hydrogen-bond donors (Lipinski definition) is 1. The molecule has 0 radical (unpaired) electrons. The molecule has 3 aromatic rings. The monoisotopic (exact) mass is 521 g/mol. The number of carboxylic acids is 1. The summed E-state index contributed by atoms with van der Waals surface area (Å²) < 4.78 is 6.24. The van der Waals surface area contributed by atoms with E-state index < -0.39 is 5.97 Å². The molecule has 1 fully saturated rings. The highest BCUT2D eigenvalue weighted by molar-refractivity contribution is 8.26. The Kier molecular flexibility index (Phi) is 8.38. The van der Waals surface area contributed by atoms with Crippen LogP contribution in [0.25, 0.3) is 17.0 Å². The highest BCUT2D eigenvalue weighted by Crippen LogP contribution is 2.33. The summed E-state index contributed by atoms with van der Waals surface area (Å²) in [5, 5.41) is 9.58. The third-order valence-electron chi connectivity index (χ3n) is 5.99. The lowest BCUT2D eigenvalue weighted by molar-refractivity contribution is -0.137. The van der Waals surface area contributed by atoms with Gasteiger partial charge in [-0.25, -0.2) is 0 Å². The first-order valence-corrected chi connectivity index (χ1v) is 13.2. The van der Waals surface area contributed by atoms with Gasteiger partial charge >= 0.3 is 5.97 Å². The number of carboxylic acid groups (broad SMARTS) is 1. The van der Waals surface area contributed by atoms with Crippen LogP contribution in [0.4, 0.5) is 0 Å². The number of rotatable bonds is 11. The first-order valence-electron chi connectivity index (χ1n) is 12.0. The molecule has 0 bridgehead atoms. The maximum atomic E-state index is 13.0. The van der Waals surface area contributed by atoms with Gasteiger partial charge in [-0.2, -0.15) is 0 Å². The lowest BCUT2D eigenvalue weighted by atomic mass is 10.0. The number of thiocarbonyl (C=S) groups is 1. The highest BCUT2D eigenvalue weighted by atomic mass is 32.2. The summed E-state index contributed by atoms with van der Waals surface area (Å²) in [4.78, 5) is 38.4. The second kappa shape index (κ2) is 11.7. The summed E-state index contributed by atoms with van der Waals surface area (Å²) in [6.07, 6.45) is 6.61. The Balaban J connectivity index is 1.47. The van der Waals surface area contributed by atoms with Crippen molar-refractivity contribution < 1.29 is 23.9 Å². The molecule has 0 aliphatic carbocycles. The van der Waals surface area contributed by atoms with Crippen LogP contribution in [0.15, 0.2) is 57.9 Å². The number of aryl methyl sites for hydroxylation is 1. The van der Waals surface area contributed by atoms with Gasteiger partial charge in [0.15, 0.2) is 5.76 Å². The van der Waals surface area contributed by atoms with Crippen molar-refractivity contribution in [2.24, 2.45) is 0 Å². The van der Waals surface area contributed by atoms with Gasteiger partial charge in [0.2, 0.25) is 5.78 Å². The molecule has 1 N–H and O–H groups in total. The fourth-order valence-corrected chi connectivity index (χ4v) is 5.35. The zero-order chi connectivity index (χ0) is 25.7. The molecule has 2 aromatic carbocycles. The second-order valence-electron chi connectivity index (χ2n) is 8.72. The van der Waals surface area contributed by atoms with E-state index >= 15 is 0 Å². The van der Waals surface area contributed by atoms with Crippen LogP contribution in [0.5, 0.6) is 0 Å². The summed E-state index contributed by atoms with van der Waals surface area (Å²) in [5.74, 6) is -1.03. The van der Waals surface area contributed by atoms with E-state index in [1.54, 1.807) is 18.2 Å². The first kappa shape index (κ1) is 25.9. The minimum absolute atomic E-state index is 0.0164. The average Bonchev–Trinajstić information content (AvgIpc) is 3.40. The number of unbranched alkanes of at least 4 members (excludes halogenated alkanes) is 2. The van der Waals surface area contributed by atoms with Gasteiger partial charge in [-0.05, 0) is 54.7 Å². The van der Waals surface area contributed by atoms with Gasteiger partial charge in [0.1, 0.15) is 9.90 Å². The molecule has 0 atom stereocenters. The number of hydrogen-bond acceptors (Lipinski definition) is 6. The molecule has 36 heavy (non-hydrogen) atoms. The summed E-state index contributed by atoms with van der Waals surface area (Å²) in [6, 6.07) is 14.9. The number of ketones is 1. The Morgan fingerprint density at radius 2 is 1.86 bits per heavy atom. The van der Waals surface area contributed by atoms with Crippen molar-refractivity contribution in [1.29, 1.82) is 0 Å². The predicted octanol–water partition coefficient (Wildman–Crippen LogP) is 6.46. The molecule has 0 saturated carbocycles. The zero-order valence-corrected chi connectivity index (χ0v) is 21.6. The summed E-state index contributed by atoms with van der Waals surface area (Å²) in [7, 11) is 0. The van der Waals surface area contributed by atoms with Gasteiger partial charge < -0.3 is 9.52 Å². The van der Waals surface area contributed by atoms with Gasteiger partial charge in [0.25, 0.3) is 5.91 Å². The van der Waals surface area contributed by atoms with Crippen LogP contribution in [0.3, 0.4) is 0 Å². The Bertz CT molecular complexity index is 1340. The van der Waals surface area contributed by atoms with Crippen LogP contribution in [0, 0.1) is 0 Å². The number of carbonyl (C=O) groups is 3. The van der Waals surface area contributed by atoms with Crippen molar-refractivity contribution in [1.82, 2.24) is 4.90 Å². The number of benzene rings is 2. The highest BCUT2D eigenvalue weighted by Gasteiger charge is 2.31.